The summed E-state index contributed by atoms with van der Waals surface area (Å²) in [5.41, 5.74) is 0.718. The van der Waals surface area contributed by atoms with Gasteiger partial charge in [0, 0.05) is 16.7 Å². The number of hydrogen-bond acceptors (Lipinski definition) is 4. The van der Waals surface area contributed by atoms with E-state index in [4.69, 9.17) is 25.8 Å². The maximum Gasteiger partial charge on any atom is 0.336 e. The highest BCUT2D eigenvalue weighted by atomic mass is 35.5. The van der Waals surface area contributed by atoms with Crippen molar-refractivity contribution < 1.29 is 19.0 Å². The molecule has 0 aromatic heterocycles. The zero-order valence-corrected chi connectivity index (χ0v) is 13.0. The van der Waals surface area contributed by atoms with Gasteiger partial charge in [-0.05, 0) is 36.4 Å². The van der Waals surface area contributed by atoms with Crippen molar-refractivity contribution in [1.82, 2.24) is 0 Å². The molecule has 0 heterocycles. The van der Waals surface area contributed by atoms with E-state index < -0.39 is 5.97 Å². The van der Waals surface area contributed by atoms with Crippen LogP contribution >= 0.6 is 11.6 Å². The van der Waals surface area contributed by atoms with Gasteiger partial charge in [-0.15, -0.1) is 0 Å². The number of para-hydroxylation sites is 1. The van der Waals surface area contributed by atoms with E-state index in [0.29, 0.717) is 22.3 Å². The smallest absolute Gasteiger partial charge is 0.336 e. The standard InChI is InChI=1S/C17H15ClO4/c1-20-15-5-3-4-12(17(15)21-2)6-11-16(19)22-14-9-7-13(18)8-10-14/h3-11H,1-2H3/b11-6+. The van der Waals surface area contributed by atoms with E-state index >= 15 is 0 Å². The third kappa shape index (κ3) is 4.02. The summed E-state index contributed by atoms with van der Waals surface area (Å²) in [6.45, 7) is 0. The number of hydrogen-bond donors (Lipinski definition) is 0. The summed E-state index contributed by atoms with van der Waals surface area (Å²) in [5, 5.41) is 0.580. The molecule has 0 aliphatic rings. The third-order valence-electron chi connectivity index (χ3n) is 2.86. The molecule has 0 radical (unpaired) electrons. The molecule has 0 spiro atoms. The number of carbonyl (C=O) groups excluding carboxylic acids is 1. The molecule has 2 aromatic carbocycles. The van der Waals surface area contributed by atoms with Crippen LogP contribution in [-0.2, 0) is 4.79 Å². The van der Waals surface area contributed by atoms with Gasteiger partial charge in [0.1, 0.15) is 5.75 Å². The number of methoxy groups -OCH3 is 2. The zero-order valence-electron chi connectivity index (χ0n) is 12.2. The van der Waals surface area contributed by atoms with Crippen molar-refractivity contribution in [2.24, 2.45) is 0 Å². The van der Waals surface area contributed by atoms with E-state index in [1.807, 2.05) is 12.1 Å². The highest BCUT2D eigenvalue weighted by Gasteiger charge is 2.07. The summed E-state index contributed by atoms with van der Waals surface area (Å²) in [5.74, 6) is 1.08. The van der Waals surface area contributed by atoms with Gasteiger partial charge in [-0.2, -0.15) is 0 Å². The second-order valence-corrected chi connectivity index (χ2v) is 4.73. The molecule has 22 heavy (non-hydrogen) atoms. The van der Waals surface area contributed by atoms with Crippen molar-refractivity contribution in [2.45, 2.75) is 0 Å². The van der Waals surface area contributed by atoms with Crippen LogP contribution in [0, 0.1) is 0 Å². The number of ether oxygens (including phenoxy) is 3. The summed E-state index contributed by atoms with van der Waals surface area (Å²) in [7, 11) is 3.10. The number of halogens is 1. The van der Waals surface area contributed by atoms with Crippen LogP contribution in [0.1, 0.15) is 5.56 Å². The summed E-state index contributed by atoms with van der Waals surface area (Å²) < 4.78 is 15.7. The van der Waals surface area contributed by atoms with Crippen LogP contribution in [0.25, 0.3) is 6.08 Å². The Bertz CT molecular complexity index is 678. The molecule has 0 atom stereocenters. The Hall–Kier alpha value is -2.46. The first-order chi connectivity index (χ1) is 10.6. The van der Waals surface area contributed by atoms with Gasteiger partial charge in [-0.1, -0.05) is 23.7 Å². The molecule has 0 aliphatic carbocycles. The molecule has 0 N–H and O–H groups in total. The lowest BCUT2D eigenvalue weighted by Crippen LogP contribution is -2.03. The van der Waals surface area contributed by atoms with E-state index in [9.17, 15) is 4.79 Å². The Morgan fingerprint density at radius 3 is 2.41 bits per heavy atom. The highest BCUT2D eigenvalue weighted by molar-refractivity contribution is 6.30. The van der Waals surface area contributed by atoms with Gasteiger partial charge < -0.3 is 14.2 Å². The minimum absolute atomic E-state index is 0.427. The zero-order chi connectivity index (χ0) is 15.9. The van der Waals surface area contributed by atoms with Gasteiger partial charge in [0.2, 0.25) is 0 Å². The maximum absolute atomic E-state index is 11.8. The minimum Gasteiger partial charge on any atom is -0.493 e. The molecule has 0 unspecified atom stereocenters. The second kappa shape index (κ2) is 7.52. The molecule has 5 heteroatoms. The molecular weight excluding hydrogens is 304 g/mol. The molecule has 0 aliphatic heterocycles. The third-order valence-corrected chi connectivity index (χ3v) is 3.12. The molecule has 0 bridgehead atoms. The summed E-state index contributed by atoms with van der Waals surface area (Å²) in [6.07, 6.45) is 2.94. The van der Waals surface area contributed by atoms with Crippen LogP contribution < -0.4 is 14.2 Å². The van der Waals surface area contributed by atoms with Gasteiger partial charge in [0.05, 0.1) is 14.2 Å². The number of esters is 1. The Labute approximate surface area is 133 Å². The first kappa shape index (κ1) is 15.9. The fourth-order valence-corrected chi connectivity index (χ4v) is 1.98. The molecule has 0 fully saturated rings. The van der Waals surface area contributed by atoms with Gasteiger partial charge >= 0.3 is 5.97 Å². The Morgan fingerprint density at radius 1 is 1.05 bits per heavy atom. The van der Waals surface area contributed by atoms with Crippen molar-refractivity contribution in [3.05, 3.63) is 59.1 Å². The molecule has 0 saturated heterocycles. The van der Waals surface area contributed by atoms with E-state index in [2.05, 4.69) is 0 Å². The Morgan fingerprint density at radius 2 is 1.77 bits per heavy atom. The lowest BCUT2D eigenvalue weighted by Gasteiger charge is -2.09. The second-order valence-electron chi connectivity index (χ2n) is 4.29. The van der Waals surface area contributed by atoms with Crippen LogP contribution in [0.15, 0.2) is 48.5 Å². The number of carbonyl (C=O) groups is 1. The Kier molecular flexibility index (Phi) is 5.44. The fraction of sp³-hybridized carbons (Fsp3) is 0.118. The van der Waals surface area contributed by atoms with E-state index in [1.165, 1.54) is 6.08 Å². The summed E-state index contributed by atoms with van der Waals surface area (Å²) in [6, 6.07) is 12.0. The highest BCUT2D eigenvalue weighted by Crippen LogP contribution is 2.31. The summed E-state index contributed by atoms with van der Waals surface area (Å²) in [4.78, 5) is 11.8. The predicted molar refractivity (Wildman–Crippen MR) is 85.7 cm³/mol. The molecule has 114 valence electrons. The normalized spacial score (nSPS) is 10.5. The van der Waals surface area contributed by atoms with Crippen molar-refractivity contribution in [1.29, 1.82) is 0 Å². The molecular formula is C17H15ClO4. The van der Waals surface area contributed by atoms with Gasteiger partial charge in [0.25, 0.3) is 0 Å². The largest absolute Gasteiger partial charge is 0.493 e. The van der Waals surface area contributed by atoms with Crippen molar-refractivity contribution >= 4 is 23.6 Å². The topological polar surface area (TPSA) is 44.8 Å². The average Bonchev–Trinajstić information content (AvgIpc) is 2.54. The monoisotopic (exact) mass is 318 g/mol. The number of rotatable bonds is 5. The van der Waals surface area contributed by atoms with Gasteiger partial charge in [-0.3, -0.25) is 0 Å². The van der Waals surface area contributed by atoms with Crippen LogP contribution in [0.2, 0.25) is 5.02 Å². The van der Waals surface area contributed by atoms with Crippen molar-refractivity contribution in [3.63, 3.8) is 0 Å². The quantitative estimate of drug-likeness (QED) is 0.475. The van der Waals surface area contributed by atoms with Gasteiger partial charge in [-0.25, -0.2) is 4.79 Å². The predicted octanol–water partition coefficient (Wildman–Crippen LogP) is 3.98. The molecule has 0 saturated carbocycles. The number of benzene rings is 2. The molecule has 2 aromatic rings. The lowest BCUT2D eigenvalue weighted by molar-refractivity contribution is -0.128. The van der Waals surface area contributed by atoms with E-state index in [0.717, 1.165) is 5.56 Å². The van der Waals surface area contributed by atoms with Crippen LogP contribution in [0.5, 0.6) is 17.2 Å². The molecule has 4 nitrogen and oxygen atoms in total. The van der Waals surface area contributed by atoms with Crippen molar-refractivity contribution in [2.75, 3.05) is 14.2 Å². The molecule has 0 amide bonds. The van der Waals surface area contributed by atoms with Crippen LogP contribution in [0.3, 0.4) is 0 Å². The SMILES string of the molecule is COc1cccc(/C=C/C(=O)Oc2ccc(Cl)cc2)c1OC. The van der Waals surface area contributed by atoms with E-state index in [-0.39, 0.29) is 0 Å². The first-order valence-corrected chi connectivity index (χ1v) is 6.88. The minimum atomic E-state index is -0.493. The fourth-order valence-electron chi connectivity index (χ4n) is 1.85. The van der Waals surface area contributed by atoms with Crippen molar-refractivity contribution in [3.8, 4) is 17.2 Å². The summed E-state index contributed by atoms with van der Waals surface area (Å²) >= 11 is 5.77. The Balaban J connectivity index is 2.11. The van der Waals surface area contributed by atoms with Crippen LogP contribution in [0.4, 0.5) is 0 Å². The van der Waals surface area contributed by atoms with Crippen LogP contribution in [-0.4, -0.2) is 20.2 Å². The lowest BCUT2D eigenvalue weighted by atomic mass is 10.1. The van der Waals surface area contributed by atoms with Gasteiger partial charge in [0.15, 0.2) is 11.5 Å². The van der Waals surface area contributed by atoms with E-state index in [1.54, 1.807) is 50.6 Å². The average molecular weight is 319 g/mol. The maximum atomic E-state index is 11.8. The first-order valence-electron chi connectivity index (χ1n) is 6.50. The molecule has 2 rings (SSSR count).